The van der Waals surface area contributed by atoms with E-state index in [2.05, 4.69) is 31.8 Å². The van der Waals surface area contributed by atoms with Crippen LogP contribution in [0.15, 0.2) is 72.0 Å². The summed E-state index contributed by atoms with van der Waals surface area (Å²) < 4.78 is 13.3. The van der Waals surface area contributed by atoms with E-state index in [1.807, 2.05) is 25.1 Å². The molecule has 2 N–H and O–H groups in total. The molecule has 0 aliphatic carbocycles. The van der Waals surface area contributed by atoms with Gasteiger partial charge in [-0.05, 0) is 74.8 Å². The van der Waals surface area contributed by atoms with Crippen LogP contribution in [-0.2, 0) is 6.54 Å². The van der Waals surface area contributed by atoms with E-state index in [0.29, 0.717) is 17.3 Å². The molecule has 0 saturated carbocycles. The second-order valence-corrected chi connectivity index (χ2v) is 8.81. The molecule has 0 atom stereocenters. The van der Waals surface area contributed by atoms with Gasteiger partial charge in [-0.2, -0.15) is 5.10 Å². The lowest BCUT2D eigenvalue weighted by molar-refractivity contribution is 0.0949. The topological polar surface area (TPSA) is 69.6 Å². The van der Waals surface area contributed by atoms with Gasteiger partial charge >= 0.3 is 0 Å². The molecule has 1 aliphatic heterocycles. The van der Waals surface area contributed by atoms with Crippen LogP contribution in [0, 0.1) is 11.7 Å². The summed E-state index contributed by atoms with van der Waals surface area (Å²) in [5, 5.41) is 8.18. The normalized spacial score (nSPS) is 15.2. The first-order chi connectivity index (χ1) is 16.5. The number of pyridine rings is 1. The Morgan fingerprint density at radius 2 is 1.91 bits per heavy atom. The first-order valence-electron chi connectivity index (χ1n) is 11.3. The van der Waals surface area contributed by atoms with E-state index in [1.54, 1.807) is 24.3 Å². The second kappa shape index (κ2) is 11.2. The van der Waals surface area contributed by atoms with Gasteiger partial charge < -0.3 is 5.32 Å². The number of amides is 1. The van der Waals surface area contributed by atoms with Gasteiger partial charge in [-0.3, -0.25) is 9.69 Å². The summed E-state index contributed by atoms with van der Waals surface area (Å²) in [6.07, 6.45) is 3.49. The molecule has 4 rings (SSSR count). The van der Waals surface area contributed by atoms with E-state index < -0.39 is 0 Å². The highest BCUT2D eigenvalue weighted by molar-refractivity contribution is 6.31. The minimum absolute atomic E-state index is 0.260. The maximum absolute atomic E-state index is 13.3. The SMILES string of the molecule is CC(=NNC(=O)c1ccc(Nc2cccc(F)c2)cn1)C1CCN(Cc2ccccc2Cl)CC1. The van der Waals surface area contributed by atoms with Crippen LogP contribution in [-0.4, -0.2) is 34.6 Å². The first kappa shape index (κ1) is 23.9. The molecule has 1 amide bonds. The monoisotopic (exact) mass is 479 g/mol. The molecular formula is C26H27ClFN5O. The van der Waals surface area contributed by atoms with Crippen molar-refractivity contribution in [3.05, 3.63) is 89.0 Å². The average molecular weight is 480 g/mol. The molecule has 2 heterocycles. The molecule has 34 heavy (non-hydrogen) atoms. The summed E-state index contributed by atoms with van der Waals surface area (Å²) >= 11 is 6.29. The van der Waals surface area contributed by atoms with Gasteiger partial charge in [0.1, 0.15) is 11.5 Å². The second-order valence-electron chi connectivity index (χ2n) is 8.40. The Kier molecular flexibility index (Phi) is 7.87. The van der Waals surface area contributed by atoms with Crippen LogP contribution in [0.25, 0.3) is 0 Å². The van der Waals surface area contributed by atoms with Crippen molar-refractivity contribution in [1.29, 1.82) is 0 Å². The number of aromatic nitrogens is 1. The summed E-state index contributed by atoms with van der Waals surface area (Å²) in [6.45, 7) is 4.71. The van der Waals surface area contributed by atoms with Crippen LogP contribution in [0.2, 0.25) is 5.02 Å². The van der Waals surface area contributed by atoms with E-state index >= 15 is 0 Å². The fourth-order valence-electron chi connectivity index (χ4n) is 4.00. The lowest BCUT2D eigenvalue weighted by Crippen LogP contribution is -2.36. The van der Waals surface area contributed by atoms with Crippen LogP contribution in [0.5, 0.6) is 0 Å². The van der Waals surface area contributed by atoms with Gasteiger partial charge in [0, 0.05) is 28.9 Å². The Labute approximate surface area is 203 Å². The highest BCUT2D eigenvalue weighted by atomic mass is 35.5. The molecule has 0 spiro atoms. The van der Waals surface area contributed by atoms with Crippen molar-refractivity contribution in [2.75, 3.05) is 18.4 Å². The number of carbonyl (C=O) groups is 1. The van der Waals surface area contributed by atoms with Crippen LogP contribution in [0.4, 0.5) is 15.8 Å². The zero-order valence-electron chi connectivity index (χ0n) is 19.0. The van der Waals surface area contributed by atoms with Gasteiger partial charge in [0.05, 0.1) is 11.9 Å². The van der Waals surface area contributed by atoms with Gasteiger partial charge in [0.2, 0.25) is 0 Å². The molecule has 6 nitrogen and oxygen atoms in total. The van der Waals surface area contributed by atoms with Crippen molar-refractivity contribution < 1.29 is 9.18 Å². The minimum atomic E-state index is -0.368. The smallest absolute Gasteiger partial charge is 0.289 e. The lowest BCUT2D eigenvalue weighted by Gasteiger charge is -2.32. The number of likely N-dealkylation sites (tertiary alicyclic amines) is 1. The van der Waals surface area contributed by atoms with Crippen LogP contribution < -0.4 is 10.7 Å². The Hall–Kier alpha value is -3.29. The fraction of sp³-hybridized carbons (Fsp3) is 0.269. The molecule has 1 aromatic heterocycles. The molecular weight excluding hydrogens is 453 g/mol. The van der Waals surface area contributed by atoms with Gasteiger partial charge in [-0.15, -0.1) is 0 Å². The van der Waals surface area contributed by atoms with Crippen molar-refractivity contribution in [2.24, 2.45) is 11.0 Å². The van der Waals surface area contributed by atoms with Gasteiger partial charge in [0.25, 0.3) is 5.91 Å². The summed E-state index contributed by atoms with van der Waals surface area (Å²) in [6, 6.07) is 17.4. The molecule has 1 fully saturated rings. The minimum Gasteiger partial charge on any atom is -0.354 e. The van der Waals surface area contributed by atoms with E-state index in [0.717, 1.165) is 48.8 Å². The van der Waals surface area contributed by atoms with Gasteiger partial charge in [-0.25, -0.2) is 14.8 Å². The van der Waals surface area contributed by atoms with Crippen molar-refractivity contribution in [1.82, 2.24) is 15.3 Å². The maximum atomic E-state index is 13.3. The summed E-state index contributed by atoms with van der Waals surface area (Å²) in [5.74, 6) is -0.366. The number of benzene rings is 2. The Morgan fingerprint density at radius 1 is 1.12 bits per heavy atom. The Balaban J connectivity index is 1.26. The number of hydrogen-bond donors (Lipinski definition) is 2. The summed E-state index contributed by atoms with van der Waals surface area (Å²) in [5.41, 5.74) is 6.20. The van der Waals surface area contributed by atoms with Crippen LogP contribution >= 0.6 is 11.6 Å². The third-order valence-corrected chi connectivity index (χ3v) is 6.34. The van der Waals surface area contributed by atoms with Crippen molar-refractivity contribution >= 4 is 34.6 Å². The number of anilines is 2. The predicted octanol–water partition coefficient (Wildman–Crippen LogP) is 5.64. The molecule has 0 bridgehead atoms. The molecule has 0 radical (unpaired) electrons. The van der Waals surface area contributed by atoms with Crippen LogP contribution in [0.1, 0.15) is 35.8 Å². The maximum Gasteiger partial charge on any atom is 0.289 e. The van der Waals surface area contributed by atoms with Crippen LogP contribution in [0.3, 0.4) is 0 Å². The van der Waals surface area contributed by atoms with Crippen molar-refractivity contribution in [2.45, 2.75) is 26.3 Å². The van der Waals surface area contributed by atoms with E-state index in [4.69, 9.17) is 11.6 Å². The van der Waals surface area contributed by atoms with Crippen molar-refractivity contribution in [3.63, 3.8) is 0 Å². The highest BCUT2D eigenvalue weighted by Gasteiger charge is 2.22. The standard InChI is InChI=1S/C26H27ClFN5O/c1-18(19-11-13-33(14-12-19)17-20-5-2-3-8-24(20)27)31-32-26(34)25-10-9-23(16-29-25)30-22-7-4-6-21(28)15-22/h2-10,15-16,19,30H,11-14,17H2,1H3,(H,32,34). The lowest BCUT2D eigenvalue weighted by atomic mass is 9.92. The summed E-state index contributed by atoms with van der Waals surface area (Å²) in [4.78, 5) is 19.0. The number of hydrazone groups is 1. The third kappa shape index (κ3) is 6.40. The number of nitrogens with zero attached hydrogens (tertiary/aromatic N) is 3. The number of hydrogen-bond acceptors (Lipinski definition) is 5. The Morgan fingerprint density at radius 3 is 2.62 bits per heavy atom. The molecule has 2 aromatic carbocycles. The Bertz CT molecular complexity index is 1160. The highest BCUT2D eigenvalue weighted by Crippen LogP contribution is 2.23. The van der Waals surface area contributed by atoms with E-state index in [-0.39, 0.29) is 17.4 Å². The molecule has 3 aromatic rings. The largest absolute Gasteiger partial charge is 0.354 e. The van der Waals surface area contributed by atoms with Gasteiger partial charge in [0.15, 0.2) is 0 Å². The fourth-order valence-corrected chi connectivity index (χ4v) is 4.19. The van der Waals surface area contributed by atoms with Gasteiger partial charge in [-0.1, -0.05) is 35.9 Å². The number of rotatable bonds is 7. The first-order valence-corrected chi connectivity index (χ1v) is 11.6. The molecule has 8 heteroatoms. The number of carbonyl (C=O) groups excluding carboxylic acids is 1. The van der Waals surface area contributed by atoms with E-state index in [1.165, 1.54) is 18.3 Å². The summed E-state index contributed by atoms with van der Waals surface area (Å²) in [7, 11) is 0. The number of piperidine rings is 1. The molecule has 1 saturated heterocycles. The molecule has 1 aliphatic rings. The quantitative estimate of drug-likeness (QED) is 0.340. The average Bonchev–Trinajstić information content (AvgIpc) is 2.85. The third-order valence-electron chi connectivity index (χ3n) is 5.97. The van der Waals surface area contributed by atoms with E-state index in [9.17, 15) is 9.18 Å². The van der Waals surface area contributed by atoms with Crippen molar-refractivity contribution in [3.8, 4) is 0 Å². The number of nitrogens with one attached hydrogen (secondary N) is 2. The predicted molar refractivity (Wildman–Crippen MR) is 134 cm³/mol. The molecule has 176 valence electrons. The zero-order valence-corrected chi connectivity index (χ0v) is 19.7. The zero-order chi connectivity index (χ0) is 23.9. The molecule has 0 unspecified atom stereocenters. The number of halogens is 2.